The van der Waals surface area contributed by atoms with Gasteiger partial charge in [0.25, 0.3) is 0 Å². The fourth-order valence-corrected chi connectivity index (χ4v) is 3.30. The number of nitrogens with zero attached hydrogens (tertiary/aromatic N) is 7. The predicted octanol–water partition coefficient (Wildman–Crippen LogP) is 1.91. The van der Waals surface area contributed by atoms with Gasteiger partial charge in [0, 0.05) is 24.9 Å². The van der Waals surface area contributed by atoms with Gasteiger partial charge in [0.15, 0.2) is 11.5 Å². The highest BCUT2D eigenvalue weighted by atomic mass is 15.4. The lowest BCUT2D eigenvalue weighted by Gasteiger charge is -2.30. The van der Waals surface area contributed by atoms with E-state index in [-0.39, 0.29) is 0 Å². The van der Waals surface area contributed by atoms with Crippen LogP contribution in [0.2, 0.25) is 0 Å². The fraction of sp³-hybridized carbons (Fsp3) is 0.471. The Morgan fingerprint density at radius 3 is 2.62 bits per heavy atom. The minimum Gasteiger partial charge on any atom is -0.297 e. The van der Waals surface area contributed by atoms with E-state index in [0.717, 1.165) is 61.0 Å². The van der Waals surface area contributed by atoms with Crippen LogP contribution in [0.4, 0.5) is 0 Å². The molecule has 1 saturated heterocycles. The minimum absolute atomic E-state index is 0.411. The minimum atomic E-state index is 0.411. The molecular formula is C17H21N7. The molecule has 0 unspecified atom stereocenters. The van der Waals surface area contributed by atoms with Crippen LogP contribution in [0.5, 0.6) is 0 Å². The highest BCUT2D eigenvalue weighted by Crippen LogP contribution is 2.27. The van der Waals surface area contributed by atoms with Crippen LogP contribution in [0.25, 0.3) is 5.65 Å². The molecule has 0 amide bonds. The molecule has 3 aromatic rings. The number of fused-ring (bicyclic) bond motifs is 1. The van der Waals surface area contributed by atoms with Gasteiger partial charge in [-0.1, -0.05) is 0 Å². The maximum atomic E-state index is 4.57. The van der Waals surface area contributed by atoms with E-state index in [4.69, 9.17) is 0 Å². The van der Waals surface area contributed by atoms with Crippen molar-refractivity contribution in [2.45, 2.75) is 39.2 Å². The van der Waals surface area contributed by atoms with Crippen LogP contribution in [-0.2, 0) is 6.54 Å². The van der Waals surface area contributed by atoms with E-state index in [2.05, 4.69) is 30.2 Å². The molecule has 0 N–H and O–H groups in total. The molecule has 1 aliphatic heterocycles. The zero-order chi connectivity index (χ0) is 16.5. The fourth-order valence-electron chi connectivity index (χ4n) is 3.30. The van der Waals surface area contributed by atoms with E-state index in [1.54, 1.807) is 12.4 Å². The van der Waals surface area contributed by atoms with Gasteiger partial charge in [-0.3, -0.25) is 14.9 Å². The van der Waals surface area contributed by atoms with Crippen LogP contribution in [0.3, 0.4) is 0 Å². The van der Waals surface area contributed by atoms with E-state index in [1.807, 2.05) is 30.5 Å². The Labute approximate surface area is 140 Å². The number of likely N-dealkylation sites (tertiary alicyclic amines) is 1. The second-order valence-corrected chi connectivity index (χ2v) is 6.44. The molecule has 4 heterocycles. The summed E-state index contributed by atoms with van der Waals surface area (Å²) >= 11 is 0. The second kappa shape index (κ2) is 6.24. The van der Waals surface area contributed by atoms with Crippen LogP contribution in [0, 0.1) is 13.8 Å². The molecule has 3 aromatic heterocycles. The third-order valence-electron chi connectivity index (χ3n) is 4.73. The van der Waals surface area contributed by atoms with E-state index in [0.29, 0.717) is 5.92 Å². The average molecular weight is 323 g/mol. The van der Waals surface area contributed by atoms with Crippen molar-refractivity contribution in [1.82, 2.24) is 34.7 Å². The lowest BCUT2D eigenvalue weighted by atomic mass is 9.96. The molecule has 7 heteroatoms. The van der Waals surface area contributed by atoms with Gasteiger partial charge in [0.1, 0.15) is 0 Å². The molecule has 0 radical (unpaired) electrons. The predicted molar refractivity (Wildman–Crippen MR) is 89.5 cm³/mol. The Morgan fingerprint density at radius 1 is 1.04 bits per heavy atom. The summed E-state index contributed by atoms with van der Waals surface area (Å²) in [7, 11) is 0. The van der Waals surface area contributed by atoms with Gasteiger partial charge in [-0.15, -0.1) is 10.2 Å². The summed E-state index contributed by atoms with van der Waals surface area (Å²) in [5.41, 5.74) is 3.90. The number of piperidine rings is 1. The van der Waals surface area contributed by atoms with Crippen molar-refractivity contribution >= 4 is 5.65 Å². The van der Waals surface area contributed by atoms with Gasteiger partial charge in [-0.05, 0) is 51.9 Å². The molecule has 4 rings (SSSR count). The van der Waals surface area contributed by atoms with Crippen LogP contribution in [0.15, 0.2) is 24.5 Å². The number of aryl methyl sites for hydroxylation is 2. The lowest BCUT2D eigenvalue weighted by molar-refractivity contribution is 0.198. The SMILES string of the molecule is Cc1ccc2nnc(C3CCN(Cc4nccnc4C)CC3)n2n1. The second-order valence-electron chi connectivity index (χ2n) is 6.44. The zero-order valence-corrected chi connectivity index (χ0v) is 14.1. The Hall–Kier alpha value is -2.41. The molecule has 0 aliphatic carbocycles. The van der Waals surface area contributed by atoms with Crippen LogP contribution < -0.4 is 0 Å². The van der Waals surface area contributed by atoms with Crippen molar-refractivity contribution in [3.8, 4) is 0 Å². The first-order valence-electron chi connectivity index (χ1n) is 8.38. The molecule has 7 nitrogen and oxygen atoms in total. The van der Waals surface area contributed by atoms with Gasteiger partial charge in [0.05, 0.1) is 17.1 Å². The lowest BCUT2D eigenvalue weighted by Crippen LogP contribution is -2.33. The summed E-state index contributed by atoms with van der Waals surface area (Å²) in [5, 5.41) is 13.2. The summed E-state index contributed by atoms with van der Waals surface area (Å²) in [5.74, 6) is 1.40. The van der Waals surface area contributed by atoms with Crippen molar-refractivity contribution in [2.24, 2.45) is 0 Å². The monoisotopic (exact) mass is 323 g/mol. The maximum absolute atomic E-state index is 4.57. The largest absolute Gasteiger partial charge is 0.297 e. The average Bonchev–Trinajstić information content (AvgIpc) is 3.01. The number of hydrogen-bond donors (Lipinski definition) is 0. The van der Waals surface area contributed by atoms with Crippen molar-refractivity contribution in [2.75, 3.05) is 13.1 Å². The Morgan fingerprint density at radius 2 is 1.83 bits per heavy atom. The molecule has 1 aliphatic rings. The molecular weight excluding hydrogens is 302 g/mol. The van der Waals surface area contributed by atoms with Crippen LogP contribution in [0.1, 0.15) is 41.7 Å². The number of aromatic nitrogens is 6. The molecule has 1 fully saturated rings. The van der Waals surface area contributed by atoms with Crippen molar-refractivity contribution in [1.29, 1.82) is 0 Å². The van der Waals surface area contributed by atoms with E-state index >= 15 is 0 Å². The van der Waals surface area contributed by atoms with Gasteiger partial charge < -0.3 is 0 Å². The highest BCUT2D eigenvalue weighted by Gasteiger charge is 2.25. The van der Waals surface area contributed by atoms with Gasteiger partial charge in [0.2, 0.25) is 0 Å². The van der Waals surface area contributed by atoms with Gasteiger partial charge >= 0.3 is 0 Å². The Balaban J connectivity index is 1.46. The molecule has 0 saturated carbocycles. The van der Waals surface area contributed by atoms with E-state index in [9.17, 15) is 0 Å². The van der Waals surface area contributed by atoms with Crippen LogP contribution in [-0.4, -0.2) is 47.8 Å². The topological polar surface area (TPSA) is 72.1 Å². The Bertz CT molecular complexity index is 849. The van der Waals surface area contributed by atoms with Crippen molar-refractivity contribution < 1.29 is 0 Å². The summed E-state index contributed by atoms with van der Waals surface area (Å²) in [6.07, 6.45) is 5.65. The molecule has 0 aromatic carbocycles. The summed E-state index contributed by atoms with van der Waals surface area (Å²) in [6.45, 7) is 6.94. The maximum Gasteiger partial charge on any atom is 0.177 e. The van der Waals surface area contributed by atoms with Crippen molar-refractivity contribution in [3.63, 3.8) is 0 Å². The number of hydrogen-bond acceptors (Lipinski definition) is 6. The highest BCUT2D eigenvalue weighted by molar-refractivity contribution is 5.36. The molecule has 0 spiro atoms. The number of rotatable bonds is 3. The van der Waals surface area contributed by atoms with Crippen molar-refractivity contribution in [3.05, 3.63) is 47.4 Å². The zero-order valence-electron chi connectivity index (χ0n) is 14.1. The normalized spacial score (nSPS) is 16.8. The van der Waals surface area contributed by atoms with E-state index in [1.165, 1.54) is 0 Å². The Kier molecular flexibility index (Phi) is 3.93. The third-order valence-corrected chi connectivity index (χ3v) is 4.73. The van der Waals surface area contributed by atoms with E-state index < -0.39 is 0 Å². The summed E-state index contributed by atoms with van der Waals surface area (Å²) in [4.78, 5) is 11.2. The molecule has 0 atom stereocenters. The molecule has 124 valence electrons. The summed E-state index contributed by atoms with van der Waals surface area (Å²) < 4.78 is 1.91. The first-order chi connectivity index (χ1) is 11.7. The first-order valence-corrected chi connectivity index (χ1v) is 8.38. The van der Waals surface area contributed by atoms with Gasteiger partial charge in [-0.2, -0.15) is 9.61 Å². The molecule has 0 bridgehead atoms. The molecule has 24 heavy (non-hydrogen) atoms. The summed E-state index contributed by atoms with van der Waals surface area (Å²) in [6, 6.07) is 3.95. The third kappa shape index (κ3) is 2.87. The smallest absolute Gasteiger partial charge is 0.177 e. The van der Waals surface area contributed by atoms with Gasteiger partial charge in [-0.25, -0.2) is 0 Å². The first kappa shape index (κ1) is 15.1. The standard InChI is InChI=1S/C17H21N7/c1-12-3-4-16-20-21-17(24(16)22-12)14-5-9-23(10-6-14)11-15-13(2)18-7-8-19-15/h3-4,7-8,14H,5-6,9-11H2,1-2H3. The quantitative estimate of drug-likeness (QED) is 0.733. The van der Waals surface area contributed by atoms with Crippen LogP contribution >= 0.6 is 0 Å².